The van der Waals surface area contributed by atoms with Crippen LogP contribution in [0.1, 0.15) is 50.3 Å². The fourth-order valence-electron chi connectivity index (χ4n) is 3.84. The van der Waals surface area contributed by atoms with Gasteiger partial charge in [-0.15, -0.1) is 22.7 Å². The first-order chi connectivity index (χ1) is 14.8. The molecule has 4 aliphatic rings. The zero-order valence-corrected chi connectivity index (χ0v) is 18.0. The van der Waals surface area contributed by atoms with Gasteiger partial charge in [-0.3, -0.25) is 19.2 Å². The van der Waals surface area contributed by atoms with Gasteiger partial charge in [-0.2, -0.15) is 0 Å². The number of aromatic nitrogens is 2. The maximum Gasteiger partial charge on any atom is 0.229 e. The third-order valence-corrected chi connectivity index (χ3v) is 7.38. The third kappa shape index (κ3) is 2.84. The number of hydrogen-bond donors (Lipinski definition) is 0. The van der Waals surface area contributed by atoms with Crippen LogP contribution in [-0.2, 0) is 4.74 Å². The second kappa shape index (κ2) is 6.25. The molecule has 2 aliphatic carbocycles. The SMILES string of the molecule is Cc1nc2c(s1)C(=O)C=C(N1CC1OC1CN1C1=CC(=O)c3sc(C)nc3C1=O)C2=O. The number of aryl methyl sites for hydroxylation is 2. The molecule has 31 heavy (non-hydrogen) atoms. The summed E-state index contributed by atoms with van der Waals surface area (Å²) in [5, 5.41) is 1.35. The van der Waals surface area contributed by atoms with Crippen molar-refractivity contribution in [3.05, 3.63) is 54.7 Å². The maximum atomic E-state index is 12.7. The van der Waals surface area contributed by atoms with E-state index in [1.807, 2.05) is 0 Å². The summed E-state index contributed by atoms with van der Waals surface area (Å²) in [5.41, 5.74) is 0.973. The smallest absolute Gasteiger partial charge is 0.229 e. The first kappa shape index (κ1) is 18.7. The number of hydrogen-bond acceptors (Lipinski definition) is 11. The molecule has 0 saturated carbocycles. The van der Waals surface area contributed by atoms with Crippen molar-refractivity contribution >= 4 is 45.8 Å². The molecule has 2 aromatic rings. The Hall–Kier alpha value is -3.02. The Morgan fingerprint density at radius 2 is 1.23 bits per heavy atom. The highest BCUT2D eigenvalue weighted by Gasteiger charge is 2.50. The van der Waals surface area contributed by atoms with Crippen molar-refractivity contribution in [1.29, 1.82) is 0 Å². The van der Waals surface area contributed by atoms with Gasteiger partial charge >= 0.3 is 0 Å². The number of fused-ring (bicyclic) bond motifs is 2. The minimum absolute atomic E-state index is 0.203. The van der Waals surface area contributed by atoms with E-state index in [-0.39, 0.29) is 58.4 Å². The van der Waals surface area contributed by atoms with Crippen LogP contribution in [0.4, 0.5) is 0 Å². The van der Waals surface area contributed by atoms with E-state index in [0.717, 1.165) is 0 Å². The maximum absolute atomic E-state index is 12.7. The summed E-state index contributed by atoms with van der Waals surface area (Å²) in [6.07, 6.45) is 1.94. The van der Waals surface area contributed by atoms with E-state index in [2.05, 4.69) is 9.97 Å². The number of thiazole rings is 2. The van der Waals surface area contributed by atoms with Gasteiger partial charge in [-0.05, 0) is 13.8 Å². The topological polar surface area (TPSA) is 109 Å². The summed E-state index contributed by atoms with van der Waals surface area (Å²) in [6, 6.07) is 0. The number of nitrogens with zero attached hydrogens (tertiary/aromatic N) is 4. The molecule has 0 bridgehead atoms. The molecule has 2 aliphatic heterocycles. The molecule has 0 radical (unpaired) electrons. The van der Waals surface area contributed by atoms with Crippen LogP contribution < -0.4 is 0 Å². The first-order valence-electron chi connectivity index (χ1n) is 9.57. The van der Waals surface area contributed by atoms with Crippen LogP contribution in [0.5, 0.6) is 0 Å². The lowest BCUT2D eigenvalue weighted by atomic mass is 10.0. The lowest BCUT2D eigenvalue weighted by molar-refractivity contribution is 0.0504. The second-order valence-electron chi connectivity index (χ2n) is 7.62. The van der Waals surface area contributed by atoms with Gasteiger partial charge in [0.25, 0.3) is 0 Å². The molecular formula is C20H14N4O5S2. The minimum atomic E-state index is -0.369. The lowest BCUT2D eigenvalue weighted by Gasteiger charge is -2.14. The predicted octanol–water partition coefficient (Wildman–Crippen LogP) is 1.74. The van der Waals surface area contributed by atoms with Crippen molar-refractivity contribution in [3.8, 4) is 0 Å². The van der Waals surface area contributed by atoms with E-state index in [1.165, 1.54) is 34.8 Å². The largest absolute Gasteiger partial charge is 0.337 e. The van der Waals surface area contributed by atoms with Gasteiger partial charge in [0.1, 0.15) is 21.1 Å². The van der Waals surface area contributed by atoms with Crippen LogP contribution in [0, 0.1) is 13.8 Å². The summed E-state index contributed by atoms with van der Waals surface area (Å²) in [7, 11) is 0. The van der Waals surface area contributed by atoms with E-state index in [4.69, 9.17) is 4.74 Å². The van der Waals surface area contributed by atoms with E-state index in [0.29, 0.717) is 32.9 Å². The molecule has 156 valence electrons. The van der Waals surface area contributed by atoms with Gasteiger partial charge in [-0.1, -0.05) is 0 Å². The fraction of sp³-hybridized carbons (Fsp3) is 0.300. The fourth-order valence-corrected chi connectivity index (χ4v) is 5.49. The van der Waals surface area contributed by atoms with Crippen molar-refractivity contribution in [2.75, 3.05) is 13.1 Å². The number of carbonyl (C=O) groups excluding carboxylic acids is 4. The molecular weight excluding hydrogens is 440 g/mol. The molecule has 2 atom stereocenters. The van der Waals surface area contributed by atoms with E-state index < -0.39 is 0 Å². The van der Waals surface area contributed by atoms with Crippen LogP contribution in [0.15, 0.2) is 23.5 Å². The second-order valence-corrected chi connectivity index (χ2v) is 10.0. The highest BCUT2D eigenvalue weighted by molar-refractivity contribution is 7.14. The Morgan fingerprint density at radius 1 is 0.806 bits per heavy atom. The minimum Gasteiger partial charge on any atom is -0.337 e. The average molecular weight is 454 g/mol. The number of Topliss-reactive ketones (excluding diaryl/α,β-unsaturated/α-hetero) is 2. The molecule has 2 aromatic heterocycles. The normalized spacial score (nSPS) is 24.2. The molecule has 2 unspecified atom stereocenters. The van der Waals surface area contributed by atoms with E-state index in [1.54, 1.807) is 23.6 Å². The van der Waals surface area contributed by atoms with Crippen molar-refractivity contribution < 1.29 is 23.9 Å². The summed E-state index contributed by atoms with van der Waals surface area (Å²) < 4.78 is 5.96. The van der Waals surface area contributed by atoms with Crippen LogP contribution in [0.2, 0.25) is 0 Å². The predicted molar refractivity (Wildman–Crippen MR) is 109 cm³/mol. The first-order valence-corrected chi connectivity index (χ1v) is 11.2. The molecule has 2 fully saturated rings. The van der Waals surface area contributed by atoms with Crippen molar-refractivity contribution in [3.63, 3.8) is 0 Å². The third-order valence-electron chi connectivity index (χ3n) is 5.41. The summed E-state index contributed by atoms with van der Waals surface area (Å²) in [5.74, 6) is -1.00. The highest BCUT2D eigenvalue weighted by atomic mass is 32.1. The molecule has 4 heterocycles. The summed E-state index contributed by atoms with van der Waals surface area (Å²) >= 11 is 2.44. The Morgan fingerprint density at radius 3 is 1.65 bits per heavy atom. The molecule has 2 saturated heterocycles. The van der Waals surface area contributed by atoms with Crippen LogP contribution in [-0.4, -0.2) is 68.4 Å². The van der Waals surface area contributed by atoms with Gasteiger partial charge in [0.15, 0.2) is 24.0 Å². The molecule has 0 aromatic carbocycles. The van der Waals surface area contributed by atoms with Gasteiger partial charge < -0.3 is 14.5 Å². The average Bonchev–Trinajstić information content (AvgIpc) is 3.58. The number of allylic oxidation sites excluding steroid dienone is 4. The zero-order chi connectivity index (χ0) is 21.6. The molecule has 0 N–H and O–H groups in total. The Kier molecular flexibility index (Phi) is 3.78. The zero-order valence-electron chi connectivity index (χ0n) is 16.4. The van der Waals surface area contributed by atoms with Gasteiger partial charge in [0, 0.05) is 12.2 Å². The van der Waals surface area contributed by atoms with Crippen molar-refractivity contribution in [2.24, 2.45) is 0 Å². The number of ketones is 4. The van der Waals surface area contributed by atoms with E-state index >= 15 is 0 Å². The van der Waals surface area contributed by atoms with Gasteiger partial charge in [-0.25, -0.2) is 9.97 Å². The molecule has 9 nitrogen and oxygen atoms in total. The standard InChI is InChI=1S/C20H14N4O5S2/c1-7-21-15-17(27)9(3-11(25)19(15)30-7)23-5-13(23)29-14-6-24(14)10-4-12(26)20-16(18(10)28)22-8(2)31-20/h3-4,13-14H,5-6H2,1-2H3. The Labute approximate surface area is 183 Å². The molecule has 11 heteroatoms. The van der Waals surface area contributed by atoms with E-state index in [9.17, 15) is 19.2 Å². The summed E-state index contributed by atoms with van der Waals surface area (Å²) in [4.78, 5) is 62.7. The molecule has 0 amide bonds. The Bertz CT molecular complexity index is 1200. The van der Waals surface area contributed by atoms with Crippen LogP contribution in [0.25, 0.3) is 0 Å². The number of ether oxygens (including phenoxy) is 1. The van der Waals surface area contributed by atoms with Crippen LogP contribution in [0.3, 0.4) is 0 Å². The number of carbonyl (C=O) groups is 4. The van der Waals surface area contributed by atoms with Crippen molar-refractivity contribution in [1.82, 2.24) is 19.8 Å². The number of rotatable bonds is 4. The van der Waals surface area contributed by atoms with Crippen molar-refractivity contribution in [2.45, 2.75) is 26.3 Å². The van der Waals surface area contributed by atoms with Crippen LogP contribution >= 0.6 is 22.7 Å². The highest BCUT2D eigenvalue weighted by Crippen LogP contribution is 2.38. The molecule has 6 rings (SSSR count). The molecule has 0 spiro atoms. The quantitative estimate of drug-likeness (QED) is 0.638. The lowest BCUT2D eigenvalue weighted by Crippen LogP contribution is -2.24. The Balaban J connectivity index is 1.14. The van der Waals surface area contributed by atoms with Gasteiger partial charge in [0.05, 0.1) is 34.5 Å². The monoisotopic (exact) mass is 454 g/mol. The summed E-state index contributed by atoms with van der Waals surface area (Å²) in [6.45, 7) is 4.45. The van der Waals surface area contributed by atoms with Gasteiger partial charge in [0.2, 0.25) is 11.6 Å².